The Balaban J connectivity index is 0.000000360. The van der Waals surface area contributed by atoms with Crippen molar-refractivity contribution in [2.75, 3.05) is 39.5 Å². The number of rotatable bonds is 3. The van der Waals surface area contributed by atoms with Crippen molar-refractivity contribution in [3.63, 3.8) is 0 Å². The lowest BCUT2D eigenvalue weighted by Crippen LogP contribution is -2.47. The average Bonchev–Trinajstić information content (AvgIpc) is 3.31. The highest BCUT2D eigenvalue weighted by atomic mass is 19.4. The molecule has 12 heteroatoms. The van der Waals surface area contributed by atoms with Gasteiger partial charge in [-0.3, -0.25) is 14.5 Å². The van der Waals surface area contributed by atoms with Gasteiger partial charge in [0.1, 0.15) is 5.76 Å². The molecule has 1 amide bonds. The molecule has 0 unspecified atom stereocenters. The van der Waals surface area contributed by atoms with Crippen LogP contribution >= 0.6 is 0 Å². The van der Waals surface area contributed by atoms with Crippen LogP contribution in [0.4, 0.5) is 13.2 Å². The molecular weight excluding hydrogens is 435 g/mol. The van der Waals surface area contributed by atoms with Crippen molar-refractivity contribution in [1.82, 2.24) is 15.1 Å². The third kappa shape index (κ3) is 5.78. The van der Waals surface area contributed by atoms with E-state index in [0.29, 0.717) is 31.6 Å². The monoisotopic (exact) mass is 463 g/mol. The fraction of sp³-hybridized carbons (Fsp3) is 0.750. The highest BCUT2D eigenvalue weighted by Gasteiger charge is 2.45. The highest BCUT2D eigenvalue weighted by Crippen LogP contribution is 2.36. The first kappa shape index (κ1) is 24.5. The number of likely N-dealkylation sites (tertiary alicyclic amines) is 1. The molecule has 3 aliphatic rings. The number of aromatic nitrogens is 1. The van der Waals surface area contributed by atoms with Crippen molar-refractivity contribution >= 4 is 11.9 Å². The van der Waals surface area contributed by atoms with E-state index in [4.69, 9.17) is 24.0 Å². The lowest BCUT2D eigenvalue weighted by molar-refractivity contribution is -0.207. The van der Waals surface area contributed by atoms with Gasteiger partial charge in [0.05, 0.1) is 31.4 Å². The molecule has 0 spiro atoms. The predicted octanol–water partition coefficient (Wildman–Crippen LogP) is 2.17. The van der Waals surface area contributed by atoms with Crippen molar-refractivity contribution in [2.45, 2.75) is 39.4 Å². The number of aryl methyl sites for hydroxylation is 2. The summed E-state index contributed by atoms with van der Waals surface area (Å²) in [4.78, 5) is 29.8. The van der Waals surface area contributed by atoms with Gasteiger partial charge in [0.25, 0.3) is 5.91 Å². The van der Waals surface area contributed by atoms with Gasteiger partial charge in [0, 0.05) is 31.7 Å². The Hall–Kier alpha value is -2.18. The van der Waals surface area contributed by atoms with Crippen LogP contribution in [0.1, 0.15) is 29.9 Å². The molecule has 1 N–H and O–H groups in total. The number of aliphatic carboxylic acids is 1. The van der Waals surface area contributed by atoms with E-state index >= 15 is 0 Å². The molecule has 0 radical (unpaired) electrons. The molecule has 0 saturated carbocycles. The summed E-state index contributed by atoms with van der Waals surface area (Å²) in [6.45, 7) is 9.25. The number of amides is 1. The van der Waals surface area contributed by atoms with Gasteiger partial charge in [-0.25, -0.2) is 9.86 Å². The molecular formula is C20H28F3N3O6. The summed E-state index contributed by atoms with van der Waals surface area (Å²) < 4.78 is 42.8. The molecule has 180 valence electrons. The third-order valence-corrected chi connectivity index (χ3v) is 6.08. The quantitative estimate of drug-likeness (QED) is 0.727. The molecule has 4 heterocycles. The summed E-state index contributed by atoms with van der Waals surface area (Å²) in [6.07, 6.45) is -3.03. The number of carboxylic acid groups (broad SMARTS) is 1. The van der Waals surface area contributed by atoms with Crippen LogP contribution in [0.5, 0.6) is 0 Å². The van der Waals surface area contributed by atoms with Crippen LogP contribution in [-0.2, 0) is 25.7 Å². The van der Waals surface area contributed by atoms with E-state index in [9.17, 15) is 18.0 Å². The second kappa shape index (κ2) is 10.2. The summed E-state index contributed by atoms with van der Waals surface area (Å²) >= 11 is 0. The van der Waals surface area contributed by atoms with Gasteiger partial charge in [-0.15, -0.1) is 0 Å². The average molecular weight is 463 g/mol. The number of halogens is 3. The van der Waals surface area contributed by atoms with E-state index in [0.717, 1.165) is 50.5 Å². The number of fused-ring (bicyclic) bond motifs is 1. The fourth-order valence-electron chi connectivity index (χ4n) is 4.38. The normalized spacial score (nSPS) is 26.3. The van der Waals surface area contributed by atoms with E-state index in [1.165, 1.54) is 5.56 Å². The van der Waals surface area contributed by atoms with Crippen LogP contribution in [0.15, 0.2) is 4.52 Å². The van der Waals surface area contributed by atoms with E-state index in [1.54, 1.807) is 5.06 Å². The number of nitrogens with zero attached hydrogens (tertiary/aromatic N) is 3. The number of carboxylic acids is 1. The van der Waals surface area contributed by atoms with E-state index in [1.807, 2.05) is 13.8 Å². The first-order chi connectivity index (χ1) is 15.1. The first-order valence-corrected chi connectivity index (χ1v) is 10.5. The number of hydroxylamine groups is 2. The summed E-state index contributed by atoms with van der Waals surface area (Å²) in [5.74, 6) is -1.11. The molecule has 1 aromatic heterocycles. The third-order valence-electron chi connectivity index (χ3n) is 6.08. The molecule has 9 nitrogen and oxygen atoms in total. The Bertz CT molecular complexity index is 789. The van der Waals surface area contributed by atoms with Crippen LogP contribution in [0.25, 0.3) is 0 Å². The van der Waals surface area contributed by atoms with E-state index in [2.05, 4.69) is 10.1 Å². The molecule has 3 saturated heterocycles. The Kier molecular flexibility index (Phi) is 7.78. The second-order valence-corrected chi connectivity index (χ2v) is 8.35. The Labute approximate surface area is 183 Å². The van der Waals surface area contributed by atoms with Gasteiger partial charge in [-0.05, 0) is 38.5 Å². The van der Waals surface area contributed by atoms with E-state index < -0.39 is 12.1 Å². The Morgan fingerprint density at radius 2 is 1.91 bits per heavy atom. The molecule has 4 rings (SSSR count). The number of alkyl halides is 3. The number of hydrogen-bond acceptors (Lipinski definition) is 7. The lowest BCUT2D eigenvalue weighted by Gasteiger charge is -2.36. The molecule has 3 aliphatic heterocycles. The molecule has 32 heavy (non-hydrogen) atoms. The molecule has 1 aromatic rings. The first-order valence-electron chi connectivity index (χ1n) is 10.5. The van der Waals surface area contributed by atoms with Crippen LogP contribution in [0, 0.1) is 31.6 Å². The second-order valence-electron chi connectivity index (χ2n) is 8.35. The van der Waals surface area contributed by atoms with Crippen LogP contribution in [0.3, 0.4) is 0 Å². The van der Waals surface area contributed by atoms with Gasteiger partial charge in [0.15, 0.2) is 0 Å². The molecule has 0 aliphatic carbocycles. The SMILES string of the molecule is Cc1noc(C)c1CN1C[C@@H]2COC[C@@H](C(=O)N3CCCCO3)[C@@H]2C1.O=C(O)C(F)(F)F. The summed E-state index contributed by atoms with van der Waals surface area (Å²) in [7, 11) is 0. The summed E-state index contributed by atoms with van der Waals surface area (Å²) in [5.41, 5.74) is 2.12. The number of carbonyl (C=O) groups is 2. The van der Waals surface area contributed by atoms with Gasteiger partial charge in [-0.2, -0.15) is 13.2 Å². The zero-order valence-corrected chi connectivity index (χ0v) is 18.1. The highest BCUT2D eigenvalue weighted by molar-refractivity contribution is 5.78. The predicted molar refractivity (Wildman–Crippen MR) is 103 cm³/mol. The molecule has 3 fully saturated rings. The Morgan fingerprint density at radius 3 is 2.47 bits per heavy atom. The van der Waals surface area contributed by atoms with Crippen LogP contribution in [-0.4, -0.2) is 77.7 Å². The van der Waals surface area contributed by atoms with Gasteiger partial charge >= 0.3 is 12.1 Å². The minimum atomic E-state index is -5.08. The van der Waals surface area contributed by atoms with Gasteiger partial charge in [0.2, 0.25) is 0 Å². The summed E-state index contributed by atoms with van der Waals surface area (Å²) in [6, 6.07) is 0. The van der Waals surface area contributed by atoms with Crippen molar-refractivity contribution in [2.24, 2.45) is 17.8 Å². The molecule has 0 aromatic carbocycles. The minimum absolute atomic E-state index is 0.0912. The zero-order valence-electron chi connectivity index (χ0n) is 18.1. The zero-order chi connectivity index (χ0) is 23.5. The summed E-state index contributed by atoms with van der Waals surface area (Å²) in [5, 5.41) is 12.8. The lowest BCUT2D eigenvalue weighted by atomic mass is 9.82. The maximum absolute atomic E-state index is 12.9. The topological polar surface area (TPSA) is 105 Å². The maximum Gasteiger partial charge on any atom is 0.490 e. The minimum Gasteiger partial charge on any atom is -0.475 e. The number of carbonyl (C=O) groups excluding carboxylic acids is 1. The number of hydrogen-bond donors (Lipinski definition) is 1. The van der Waals surface area contributed by atoms with Crippen LogP contribution < -0.4 is 0 Å². The van der Waals surface area contributed by atoms with Crippen molar-refractivity contribution in [3.8, 4) is 0 Å². The molecule has 3 atom stereocenters. The standard InChI is InChI=1S/C18H27N3O4.C2HF3O2/c1-12-15(13(2)25-19-12)8-20-7-14-10-23-11-17(16(14)9-20)18(22)21-5-3-4-6-24-21;3-2(4,5)1(6)7/h14,16-17H,3-11H2,1-2H3;(H,6,7)/t14-,16-,17-;/m1./s1. The van der Waals surface area contributed by atoms with Gasteiger partial charge in [-0.1, -0.05) is 5.16 Å². The fourth-order valence-corrected chi connectivity index (χ4v) is 4.38. The Morgan fingerprint density at radius 1 is 1.19 bits per heavy atom. The maximum atomic E-state index is 12.9. The molecule has 0 bridgehead atoms. The van der Waals surface area contributed by atoms with E-state index in [-0.39, 0.29) is 11.8 Å². The largest absolute Gasteiger partial charge is 0.490 e. The van der Waals surface area contributed by atoms with Crippen LogP contribution in [0.2, 0.25) is 0 Å². The van der Waals surface area contributed by atoms with Gasteiger partial charge < -0.3 is 14.4 Å². The van der Waals surface area contributed by atoms with Crippen molar-refractivity contribution < 1.29 is 42.0 Å². The number of ether oxygens (including phenoxy) is 1. The van der Waals surface area contributed by atoms with Crippen molar-refractivity contribution in [3.05, 3.63) is 17.0 Å². The smallest absolute Gasteiger partial charge is 0.475 e. The van der Waals surface area contributed by atoms with Crippen molar-refractivity contribution in [1.29, 1.82) is 0 Å².